The first-order valence-electron chi connectivity index (χ1n) is 4.52. The second-order valence-electron chi connectivity index (χ2n) is 2.84. The zero-order chi connectivity index (χ0) is 11.2. The first-order chi connectivity index (χ1) is 7.86. The van der Waals surface area contributed by atoms with E-state index in [9.17, 15) is 0 Å². The molecular formula is C10H8ClN5. The van der Waals surface area contributed by atoms with Gasteiger partial charge in [0, 0.05) is 6.20 Å². The predicted molar refractivity (Wildman–Crippen MR) is 62.5 cm³/mol. The number of nitrogens with zero attached hydrogens (tertiary/aromatic N) is 4. The van der Waals surface area contributed by atoms with Gasteiger partial charge in [-0.2, -0.15) is 5.10 Å². The van der Waals surface area contributed by atoms with E-state index in [0.29, 0.717) is 10.8 Å². The van der Waals surface area contributed by atoms with E-state index in [4.69, 9.17) is 11.6 Å². The molecule has 16 heavy (non-hydrogen) atoms. The molecule has 0 aliphatic heterocycles. The van der Waals surface area contributed by atoms with Gasteiger partial charge in [0.2, 0.25) is 0 Å². The molecule has 0 atom stereocenters. The SMILES string of the molecule is Clc1cncnc1NN=Cc1ccccn1. The Hall–Kier alpha value is -2.01. The van der Waals surface area contributed by atoms with Crippen LogP contribution in [0, 0.1) is 0 Å². The van der Waals surface area contributed by atoms with Gasteiger partial charge < -0.3 is 0 Å². The average Bonchev–Trinajstić information content (AvgIpc) is 2.33. The second-order valence-corrected chi connectivity index (χ2v) is 3.25. The first kappa shape index (κ1) is 10.5. The molecule has 0 radical (unpaired) electrons. The van der Waals surface area contributed by atoms with Gasteiger partial charge in [-0.05, 0) is 12.1 Å². The van der Waals surface area contributed by atoms with Crippen LogP contribution in [0.4, 0.5) is 5.82 Å². The fourth-order valence-corrected chi connectivity index (χ4v) is 1.15. The van der Waals surface area contributed by atoms with Gasteiger partial charge in [-0.15, -0.1) is 0 Å². The molecule has 2 aromatic rings. The summed E-state index contributed by atoms with van der Waals surface area (Å²) in [7, 11) is 0. The highest BCUT2D eigenvalue weighted by molar-refractivity contribution is 6.32. The van der Waals surface area contributed by atoms with Crippen LogP contribution in [0.3, 0.4) is 0 Å². The Kier molecular flexibility index (Phi) is 3.40. The molecule has 6 heteroatoms. The molecule has 1 N–H and O–H groups in total. The van der Waals surface area contributed by atoms with Crippen LogP contribution in [-0.4, -0.2) is 21.2 Å². The van der Waals surface area contributed by atoms with E-state index in [2.05, 4.69) is 25.5 Å². The maximum Gasteiger partial charge on any atom is 0.168 e. The maximum absolute atomic E-state index is 5.83. The Balaban J connectivity index is 2.03. The Morgan fingerprint density at radius 2 is 2.25 bits per heavy atom. The smallest absolute Gasteiger partial charge is 0.168 e. The Morgan fingerprint density at radius 1 is 1.31 bits per heavy atom. The van der Waals surface area contributed by atoms with Crippen LogP contribution in [0.1, 0.15) is 5.69 Å². The lowest BCUT2D eigenvalue weighted by atomic mass is 10.4. The standard InChI is InChI=1S/C10H8ClN5/c11-9-6-12-7-14-10(9)16-15-5-8-3-1-2-4-13-8/h1-7H,(H,12,14,16). The molecule has 0 bridgehead atoms. The molecule has 80 valence electrons. The molecule has 0 unspecified atom stereocenters. The van der Waals surface area contributed by atoms with Crippen molar-refractivity contribution in [2.75, 3.05) is 5.43 Å². The molecule has 0 aliphatic carbocycles. The van der Waals surface area contributed by atoms with Crippen molar-refractivity contribution in [3.63, 3.8) is 0 Å². The van der Waals surface area contributed by atoms with E-state index >= 15 is 0 Å². The molecule has 0 spiro atoms. The summed E-state index contributed by atoms with van der Waals surface area (Å²) in [5.41, 5.74) is 3.46. The lowest BCUT2D eigenvalue weighted by Crippen LogP contribution is -1.95. The summed E-state index contributed by atoms with van der Waals surface area (Å²) in [5.74, 6) is 0.462. The summed E-state index contributed by atoms with van der Waals surface area (Å²) in [6.07, 6.45) is 6.16. The van der Waals surface area contributed by atoms with Gasteiger partial charge in [-0.3, -0.25) is 10.4 Å². The van der Waals surface area contributed by atoms with Crippen LogP contribution >= 0.6 is 11.6 Å². The minimum Gasteiger partial charge on any atom is -0.260 e. The molecule has 0 fully saturated rings. The number of anilines is 1. The van der Waals surface area contributed by atoms with Gasteiger partial charge in [0.25, 0.3) is 0 Å². The maximum atomic E-state index is 5.83. The van der Waals surface area contributed by atoms with Gasteiger partial charge in [-0.25, -0.2) is 9.97 Å². The van der Waals surface area contributed by atoms with Crippen LogP contribution < -0.4 is 5.43 Å². The fourth-order valence-electron chi connectivity index (χ4n) is 1.01. The van der Waals surface area contributed by atoms with Crippen LogP contribution in [0.25, 0.3) is 0 Å². The molecule has 0 amide bonds. The van der Waals surface area contributed by atoms with Gasteiger partial charge in [-0.1, -0.05) is 17.7 Å². The third kappa shape index (κ3) is 2.74. The molecule has 0 aromatic carbocycles. The molecule has 0 saturated carbocycles. The van der Waals surface area contributed by atoms with Gasteiger partial charge in [0.1, 0.15) is 11.3 Å². The summed E-state index contributed by atoms with van der Waals surface area (Å²) in [4.78, 5) is 11.8. The van der Waals surface area contributed by atoms with Gasteiger partial charge in [0.05, 0.1) is 18.1 Å². The fraction of sp³-hybridized carbons (Fsp3) is 0. The number of hydrogen-bond acceptors (Lipinski definition) is 5. The number of nitrogens with one attached hydrogen (secondary N) is 1. The van der Waals surface area contributed by atoms with E-state index in [0.717, 1.165) is 5.69 Å². The van der Waals surface area contributed by atoms with E-state index in [1.54, 1.807) is 12.4 Å². The lowest BCUT2D eigenvalue weighted by molar-refractivity contribution is 1.14. The van der Waals surface area contributed by atoms with Crippen LogP contribution in [0.5, 0.6) is 0 Å². The van der Waals surface area contributed by atoms with E-state index in [1.165, 1.54) is 12.5 Å². The van der Waals surface area contributed by atoms with Crippen molar-refractivity contribution in [2.24, 2.45) is 5.10 Å². The minimum atomic E-state index is 0.417. The molecule has 2 heterocycles. The van der Waals surface area contributed by atoms with Crippen molar-refractivity contribution in [1.29, 1.82) is 0 Å². The normalized spacial score (nSPS) is 10.6. The van der Waals surface area contributed by atoms with E-state index < -0.39 is 0 Å². The van der Waals surface area contributed by atoms with Crippen molar-refractivity contribution >= 4 is 23.6 Å². The summed E-state index contributed by atoms with van der Waals surface area (Å²) in [5, 5.41) is 4.38. The van der Waals surface area contributed by atoms with Gasteiger partial charge >= 0.3 is 0 Å². The zero-order valence-corrected chi connectivity index (χ0v) is 8.96. The quantitative estimate of drug-likeness (QED) is 0.650. The lowest BCUT2D eigenvalue weighted by Gasteiger charge is -1.99. The van der Waals surface area contributed by atoms with E-state index in [1.807, 2.05) is 18.2 Å². The number of hydrazone groups is 1. The van der Waals surface area contributed by atoms with Crippen LogP contribution in [0.2, 0.25) is 5.02 Å². The third-order valence-corrected chi connectivity index (χ3v) is 2.00. The number of rotatable bonds is 3. The summed E-state index contributed by atoms with van der Waals surface area (Å²) in [6.45, 7) is 0. The van der Waals surface area contributed by atoms with Crippen molar-refractivity contribution in [1.82, 2.24) is 15.0 Å². The largest absolute Gasteiger partial charge is 0.260 e. The monoisotopic (exact) mass is 233 g/mol. The van der Waals surface area contributed by atoms with Crippen molar-refractivity contribution in [3.8, 4) is 0 Å². The second kappa shape index (κ2) is 5.18. The highest BCUT2D eigenvalue weighted by Gasteiger charge is 1.97. The zero-order valence-electron chi connectivity index (χ0n) is 8.21. The minimum absolute atomic E-state index is 0.417. The number of hydrogen-bond donors (Lipinski definition) is 1. The Morgan fingerprint density at radius 3 is 3.00 bits per heavy atom. The van der Waals surface area contributed by atoms with E-state index in [-0.39, 0.29) is 0 Å². The van der Waals surface area contributed by atoms with Gasteiger partial charge in [0.15, 0.2) is 5.82 Å². The Bertz CT molecular complexity index is 486. The van der Waals surface area contributed by atoms with Crippen molar-refractivity contribution in [2.45, 2.75) is 0 Å². The van der Waals surface area contributed by atoms with Crippen molar-refractivity contribution in [3.05, 3.63) is 47.6 Å². The van der Waals surface area contributed by atoms with Crippen molar-refractivity contribution < 1.29 is 0 Å². The van der Waals surface area contributed by atoms with Crippen LogP contribution in [0.15, 0.2) is 42.0 Å². The summed E-state index contributed by atoms with van der Waals surface area (Å²) in [6, 6.07) is 5.56. The third-order valence-electron chi connectivity index (χ3n) is 1.72. The predicted octanol–water partition coefficient (Wildman–Crippen LogP) is 1.97. The molecule has 0 aliphatic rings. The molecule has 0 saturated heterocycles. The molecule has 5 nitrogen and oxygen atoms in total. The summed E-state index contributed by atoms with van der Waals surface area (Å²) < 4.78 is 0. The molecule has 2 rings (SSSR count). The topological polar surface area (TPSA) is 63.1 Å². The summed E-state index contributed by atoms with van der Waals surface area (Å²) >= 11 is 5.83. The molecule has 2 aromatic heterocycles. The Labute approximate surface area is 97.2 Å². The first-order valence-corrected chi connectivity index (χ1v) is 4.89. The number of halogens is 1. The highest BCUT2D eigenvalue weighted by atomic mass is 35.5. The molecular weight excluding hydrogens is 226 g/mol. The average molecular weight is 234 g/mol. The highest BCUT2D eigenvalue weighted by Crippen LogP contribution is 2.15. The number of aromatic nitrogens is 3. The van der Waals surface area contributed by atoms with Crippen LogP contribution in [-0.2, 0) is 0 Å². The number of pyridine rings is 1.